The Balaban J connectivity index is 1.86. The van der Waals surface area contributed by atoms with Crippen molar-refractivity contribution in [2.24, 2.45) is 0 Å². The number of hydrogen-bond acceptors (Lipinski definition) is 4. The van der Waals surface area contributed by atoms with Gasteiger partial charge in [-0.05, 0) is 19.1 Å². The average molecular weight is 265 g/mol. The van der Waals surface area contributed by atoms with Crippen LogP contribution >= 0.6 is 0 Å². The number of morpholine rings is 1. The highest BCUT2D eigenvalue weighted by Gasteiger charge is 2.18. The van der Waals surface area contributed by atoms with Crippen LogP contribution in [0.1, 0.15) is 17.3 Å². The summed E-state index contributed by atoms with van der Waals surface area (Å²) in [6, 6.07) is 3.39. The van der Waals surface area contributed by atoms with Gasteiger partial charge in [-0.2, -0.15) is 0 Å². The van der Waals surface area contributed by atoms with Crippen LogP contribution in [0.3, 0.4) is 0 Å². The number of ether oxygens (including phenoxy) is 1. The molecule has 0 aliphatic carbocycles. The van der Waals surface area contributed by atoms with Gasteiger partial charge in [0.2, 0.25) is 0 Å². The normalized spacial score (nSPS) is 17.9. The zero-order valence-electron chi connectivity index (χ0n) is 11.0. The standard InChI is InChI=1S/C13H19N3O3/c1-10(16-5-7-19-8-6-16)9-15-13(18)11-3-2-4-14-12(11)17/h2-4,10H,5-9H2,1H3,(H,14,17)(H,15,18). The molecule has 0 radical (unpaired) electrons. The summed E-state index contributed by atoms with van der Waals surface area (Å²) in [5.74, 6) is -0.332. The van der Waals surface area contributed by atoms with E-state index in [9.17, 15) is 9.59 Å². The fraction of sp³-hybridized carbons (Fsp3) is 0.538. The molecule has 0 bridgehead atoms. The monoisotopic (exact) mass is 265 g/mol. The van der Waals surface area contributed by atoms with Crippen LogP contribution < -0.4 is 10.9 Å². The second-order valence-electron chi connectivity index (χ2n) is 4.62. The summed E-state index contributed by atoms with van der Waals surface area (Å²) < 4.78 is 5.29. The third-order valence-corrected chi connectivity index (χ3v) is 3.29. The first-order chi connectivity index (χ1) is 9.18. The average Bonchev–Trinajstić information content (AvgIpc) is 2.46. The van der Waals surface area contributed by atoms with Gasteiger partial charge >= 0.3 is 0 Å². The lowest BCUT2D eigenvalue weighted by atomic mass is 10.2. The lowest BCUT2D eigenvalue weighted by Gasteiger charge is -2.32. The Kier molecular flexibility index (Phi) is 4.70. The van der Waals surface area contributed by atoms with Crippen LogP contribution in [0.4, 0.5) is 0 Å². The smallest absolute Gasteiger partial charge is 0.260 e. The number of rotatable bonds is 4. The van der Waals surface area contributed by atoms with E-state index in [1.165, 1.54) is 12.3 Å². The predicted molar refractivity (Wildman–Crippen MR) is 71.2 cm³/mol. The third kappa shape index (κ3) is 3.65. The fourth-order valence-electron chi connectivity index (χ4n) is 2.08. The lowest BCUT2D eigenvalue weighted by Crippen LogP contribution is -2.47. The van der Waals surface area contributed by atoms with E-state index in [1.807, 2.05) is 0 Å². The van der Waals surface area contributed by atoms with Crippen LogP contribution in [-0.2, 0) is 4.74 Å². The second kappa shape index (κ2) is 6.49. The highest BCUT2D eigenvalue weighted by atomic mass is 16.5. The number of aromatic amines is 1. The summed E-state index contributed by atoms with van der Waals surface area (Å²) in [5, 5.41) is 2.80. The maximum absolute atomic E-state index is 11.9. The molecule has 2 rings (SSSR count). The Hall–Kier alpha value is -1.66. The van der Waals surface area contributed by atoms with Crippen LogP contribution in [0, 0.1) is 0 Å². The second-order valence-corrected chi connectivity index (χ2v) is 4.62. The van der Waals surface area contributed by atoms with Gasteiger partial charge in [-0.25, -0.2) is 0 Å². The van der Waals surface area contributed by atoms with Crippen LogP contribution in [0.15, 0.2) is 23.1 Å². The van der Waals surface area contributed by atoms with Crippen LogP contribution in [0.2, 0.25) is 0 Å². The van der Waals surface area contributed by atoms with E-state index in [-0.39, 0.29) is 23.1 Å². The molecule has 0 saturated carbocycles. The predicted octanol–water partition coefficient (Wildman–Crippen LogP) is -0.175. The van der Waals surface area contributed by atoms with Crippen molar-refractivity contribution in [3.8, 4) is 0 Å². The van der Waals surface area contributed by atoms with Crippen molar-refractivity contribution in [2.45, 2.75) is 13.0 Å². The van der Waals surface area contributed by atoms with Crippen LogP contribution in [-0.4, -0.2) is 54.7 Å². The third-order valence-electron chi connectivity index (χ3n) is 3.29. The topological polar surface area (TPSA) is 74.4 Å². The molecule has 1 aliphatic heterocycles. The van der Waals surface area contributed by atoms with E-state index >= 15 is 0 Å². The first-order valence-electron chi connectivity index (χ1n) is 6.46. The van der Waals surface area contributed by atoms with Crippen molar-refractivity contribution in [1.82, 2.24) is 15.2 Å². The van der Waals surface area contributed by atoms with Gasteiger partial charge in [-0.15, -0.1) is 0 Å². The molecule has 1 aromatic rings. The van der Waals surface area contributed by atoms with E-state index < -0.39 is 0 Å². The number of carbonyl (C=O) groups excluding carboxylic acids is 1. The largest absolute Gasteiger partial charge is 0.379 e. The number of nitrogens with zero attached hydrogens (tertiary/aromatic N) is 1. The van der Waals surface area contributed by atoms with Crippen LogP contribution in [0.5, 0.6) is 0 Å². The molecule has 0 spiro atoms. The van der Waals surface area contributed by atoms with Gasteiger partial charge in [0.05, 0.1) is 13.2 Å². The molecule has 2 N–H and O–H groups in total. The number of nitrogens with one attached hydrogen (secondary N) is 2. The van der Waals surface area contributed by atoms with Crippen molar-refractivity contribution in [1.29, 1.82) is 0 Å². The van der Waals surface area contributed by atoms with Crippen molar-refractivity contribution in [2.75, 3.05) is 32.8 Å². The molecule has 1 atom stereocenters. The molecule has 6 heteroatoms. The molecular weight excluding hydrogens is 246 g/mol. The highest BCUT2D eigenvalue weighted by molar-refractivity contribution is 5.93. The molecule has 1 unspecified atom stereocenters. The maximum atomic E-state index is 11.9. The lowest BCUT2D eigenvalue weighted by molar-refractivity contribution is 0.0204. The SMILES string of the molecule is CC(CNC(=O)c1ccc[nH]c1=O)N1CCOCC1. The van der Waals surface area contributed by atoms with E-state index in [4.69, 9.17) is 4.74 Å². The summed E-state index contributed by atoms with van der Waals surface area (Å²) in [6.45, 7) is 5.80. The first-order valence-corrected chi connectivity index (χ1v) is 6.46. The first kappa shape index (κ1) is 13.8. The molecule has 2 heterocycles. The molecule has 1 aromatic heterocycles. The van der Waals surface area contributed by atoms with Crippen molar-refractivity contribution < 1.29 is 9.53 Å². The number of H-pyrrole nitrogens is 1. The molecule has 1 fully saturated rings. The molecule has 6 nitrogen and oxygen atoms in total. The molecule has 1 saturated heterocycles. The van der Waals surface area contributed by atoms with Gasteiger partial charge in [0, 0.05) is 31.9 Å². The fourth-order valence-corrected chi connectivity index (χ4v) is 2.08. The Bertz CT molecular complexity index is 480. The van der Waals surface area contributed by atoms with E-state index in [0.717, 1.165) is 26.3 Å². The summed E-state index contributed by atoms with van der Waals surface area (Å²) >= 11 is 0. The number of aromatic nitrogens is 1. The molecule has 104 valence electrons. The van der Waals surface area contributed by atoms with Crippen LogP contribution in [0.25, 0.3) is 0 Å². The van der Waals surface area contributed by atoms with Gasteiger partial charge < -0.3 is 15.0 Å². The van der Waals surface area contributed by atoms with E-state index in [1.54, 1.807) is 6.07 Å². The minimum atomic E-state index is -0.362. The Morgan fingerprint density at radius 3 is 2.95 bits per heavy atom. The Morgan fingerprint density at radius 1 is 1.53 bits per heavy atom. The minimum absolute atomic E-state index is 0.150. The molecule has 1 amide bonds. The zero-order chi connectivity index (χ0) is 13.7. The van der Waals surface area contributed by atoms with Gasteiger partial charge in [0.25, 0.3) is 11.5 Å². The minimum Gasteiger partial charge on any atom is -0.379 e. The maximum Gasteiger partial charge on any atom is 0.260 e. The van der Waals surface area contributed by atoms with Gasteiger partial charge in [0.1, 0.15) is 5.56 Å². The van der Waals surface area contributed by atoms with Gasteiger partial charge in [-0.1, -0.05) is 0 Å². The van der Waals surface area contributed by atoms with E-state index in [0.29, 0.717) is 6.54 Å². The summed E-state index contributed by atoms with van der Waals surface area (Å²) in [5.41, 5.74) is -0.212. The number of pyridine rings is 1. The zero-order valence-corrected chi connectivity index (χ0v) is 11.0. The highest BCUT2D eigenvalue weighted by Crippen LogP contribution is 2.02. The van der Waals surface area contributed by atoms with Gasteiger partial charge in [-0.3, -0.25) is 14.5 Å². The number of carbonyl (C=O) groups is 1. The number of hydrogen-bond donors (Lipinski definition) is 2. The van der Waals surface area contributed by atoms with Crippen molar-refractivity contribution in [3.05, 3.63) is 34.2 Å². The molecule has 19 heavy (non-hydrogen) atoms. The summed E-state index contributed by atoms with van der Waals surface area (Å²) in [7, 11) is 0. The molecule has 1 aliphatic rings. The Labute approximate surface area is 111 Å². The summed E-state index contributed by atoms with van der Waals surface area (Å²) in [6.07, 6.45) is 1.51. The van der Waals surface area contributed by atoms with Gasteiger partial charge in [0.15, 0.2) is 0 Å². The molecule has 0 aromatic carbocycles. The Morgan fingerprint density at radius 2 is 2.26 bits per heavy atom. The van der Waals surface area contributed by atoms with Crippen molar-refractivity contribution >= 4 is 5.91 Å². The van der Waals surface area contributed by atoms with E-state index in [2.05, 4.69) is 22.1 Å². The summed E-state index contributed by atoms with van der Waals surface area (Å²) in [4.78, 5) is 28.1. The number of amides is 1. The quantitative estimate of drug-likeness (QED) is 0.792. The molecular formula is C13H19N3O3. The van der Waals surface area contributed by atoms with Crippen molar-refractivity contribution in [3.63, 3.8) is 0 Å².